The Hall–Kier alpha value is -1.77. The Morgan fingerprint density at radius 2 is 2.09 bits per heavy atom. The number of anilines is 1. The van der Waals surface area contributed by atoms with Crippen molar-refractivity contribution in [1.29, 1.82) is 0 Å². The van der Waals surface area contributed by atoms with Gasteiger partial charge < -0.3 is 9.84 Å². The third-order valence-corrected chi connectivity index (χ3v) is 3.59. The van der Waals surface area contributed by atoms with E-state index < -0.39 is 11.7 Å². The molecule has 0 saturated heterocycles. The number of aryl methyl sites for hydroxylation is 1. The van der Waals surface area contributed by atoms with Crippen LogP contribution in [0.1, 0.15) is 20.8 Å². The Bertz CT molecular complexity index is 685. The van der Waals surface area contributed by atoms with E-state index in [1.807, 2.05) is 13.1 Å². The molecule has 0 atom stereocenters. The topological polar surface area (TPSA) is 76.4 Å². The van der Waals surface area contributed by atoms with Gasteiger partial charge in [-0.25, -0.2) is 4.79 Å². The highest BCUT2D eigenvalue weighted by molar-refractivity contribution is 14.1. The van der Waals surface area contributed by atoms with Gasteiger partial charge in [0.2, 0.25) is 0 Å². The number of carbonyl (C=O) groups excluding carboxylic acids is 1. The number of phenolic OH excluding ortho intramolecular Hbond substituents is 1. The lowest BCUT2D eigenvalue weighted by molar-refractivity contribution is 0.0635. The van der Waals surface area contributed by atoms with E-state index in [-0.39, 0.29) is 5.75 Å². The first-order valence-electron chi connectivity index (χ1n) is 6.68. The number of rotatable bonds is 2. The van der Waals surface area contributed by atoms with E-state index >= 15 is 0 Å². The monoisotopic (exact) mass is 415 g/mol. The van der Waals surface area contributed by atoms with Crippen molar-refractivity contribution in [1.82, 2.24) is 9.78 Å². The van der Waals surface area contributed by atoms with Crippen LogP contribution in [-0.4, -0.2) is 26.6 Å². The van der Waals surface area contributed by atoms with Crippen molar-refractivity contribution in [3.8, 4) is 17.0 Å². The molecule has 1 amide bonds. The van der Waals surface area contributed by atoms with Crippen LogP contribution >= 0.6 is 22.6 Å². The number of aromatic hydroxyl groups is 1. The van der Waals surface area contributed by atoms with E-state index in [0.717, 1.165) is 14.8 Å². The lowest BCUT2D eigenvalue weighted by Gasteiger charge is -2.20. The summed E-state index contributed by atoms with van der Waals surface area (Å²) < 4.78 is 7.87. The number of halogens is 1. The van der Waals surface area contributed by atoms with Crippen molar-refractivity contribution < 1.29 is 14.6 Å². The summed E-state index contributed by atoms with van der Waals surface area (Å²) in [5.41, 5.74) is 1.43. The zero-order valence-electron chi connectivity index (χ0n) is 12.8. The standard InChI is InChI=1S/C15H18IN3O3/c1-15(2,3)22-14(21)18-11-6-5-9(7-12(11)20)13-10(16)8-17-19(13)4/h5-8,20H,1-4H3,(H,18,21). The molecule has 6 nitrogen and oxygen atoms in total. The van der Waals surface area contributed by atoms with Crippen LogP contribution in [0.5, 0.6) is 5.75 Å². The predicted molar refractivity (Wildman–Crippen MR) is 92.9 cm³/mol. The van der Waals surface area contributed by atoms with Crippen molar-refractivity contribution in [2.24, 2.45) is 7.05 Å². The number of benzene rings is 1. The predicted octanol–water partition coefficient (Wildman–Crippen LogP) is 3.74. The first-order valence-corrected chi connectivity index (χ1v) is 7.76. The summed E-state index contributed by atoms with van der Waals surface area (Å²) in [6.45, 7) is 5.33. The molecule has 2 rings (SSSR count). The second-order valence-electron chi connectivity index (χ2n) is 5.82. The van der Waals surface area contributed by atoms with Crippen molar-refractivity contribution in [3.05, 3.63) is 28.0 Å². The number of hydrogen-bond acceptors (Lipinski definition) is 4. The third kappa shape index (κ3) is 3.90. The second-order valence-corrected chi connectivity index (χ2v) is 6.99. The summed E-state index contributed by atoms with van der Waals surface area (Å²) in [6.07, 6.45) is 1.14. The van der Waals surface area contributed by atoms with Gasteiger partial charge in [0, 0.05) is 12.6 Å². The maximum absolute atomic E-state index is 11.7. The molecule has 0 saturated carbocycles. The van der Waals surface area contributed by atoms with Crippen molar-refractivity contribution in [3.63, 3.8) is 0 Å². The summed E-state index contributed by atoms with van der Waals surface area (Å²) in [5.74, 6) is -0.0274. The molecular formula is C15H18IN3O3. The van der Waals surface area contributed by atoms with Gasteiger partial charge in [-0.3, -0.25) is 10.00 Å². The minimum atomic E-state index is -0.606. The molecule has 0 unspecified atom stereocenters. The Kier molecular flexibility index (Phi) is 4.64. The maximum atomic E-state index is 11.7. The number of ether oxygens (including phenoxy) is 1. The van der Waals surface area contributed by atoms with Gasteiger partial charge in [0.1, 0.15) is 11.4 Å². The number of aromatic nitrogens is 2. The van der Waals surface area contributed by atoms with Crippen LogP contribution in [0.2, 0.25) is 0 Å². The first-order chi connectivity index (χ1) is 10.2. The number of phenols is 1. The number of nitrogens with one attached hydrogen (secondary N) is 1. The molecule has 0 radical (unpaired) electrons. The molecular weight excluding hydrogens is 397 g/mol. The lowest BCUT2D eigenvalue weighted by atomic mass is 10.1. The summed E-state index contributed by atoms with van der Waals surface area (Å²) in [4.78, 5) is 11.7. The highest BCUT2D eigenvalue weighted by Gasteiger charge is 2.18. The molecule has 118 valence electrons. The largest absolute Gasteiger partial charge is 0.506 e. The van der Waals surface area contributed by atoms with Crippen LogP contribution in [-0.2, 0) is 11.8 Å². The summed E-state index contributed by atoms with van der Waals surface area (Å²) in [6, 6.07) is 5.04. The lowest BCUT2D eigenvalue weighted by Crippen LogP contribution is -2.27. The average Bonchev–Trinajstić information content (AvgIpc) is 2.69. The van der Waals surface area contributed by atoms with Crippen LogP contribution < -0.4 is 5.32 Å². The van der Waals surface area contributed by atoms with Crippen LogP contribution in [0, 0.1) is 3.57 Å². The fourth-order valence-corrected chi connectivity index (χ4v) is 2.72. The first kappa shape index (κ1) is 16.6. The Morgan fingerprint density at radius 1 is 1.41 bits per heavy atom. The van der Waals surface area contributed by atoms with Gasteiger partial charge in [-0.05, 0) is 55.5 Å². The van der Waals surface area contributed by atoms with E-state index in [0.29, 0.717) is 5.69 Å². The molecule has 0 fully saturated rings. The molecule has 2 aromatic rings. The fraction of sp³-hybridized carbons (Fsp3) is 0.333. The number of carbonyl (C=O) groups is 1. The van der Waals surface area contributed by atoms with Crippen molar-refractivity contribution in [2.45, 2.75) is 26.4 Å². The maximum Gasteiger partial charge on any atom is 0.412 e. The van der Waals surface area contributed by atoms with Gasteiger partial charge in [-0.1, -0.05) is 6.07 Å². The molecule has 1 aromatic heterocycles. The minimum Gasteiger partial charge on any atom is -0.506 e. The minimum absolute atomic E-state index is 0.0274. The molecule has 2 N–H and O–H groups in total. The zero-order chi connectivity index (χ0) is 16.5. The quantitative estimate of drug-likeness (QED) is 0.579. The number of nitrogens with zero attached hydrogens (tertiary/aromatic N) is 2. The Balaban J connectivity index is 2.22. The highest BCUT2D eigenvalue weighted by atomic mass is 127. The van der Waals surface area contributed by atoms with E-state index in [4.69, 9.17) is 4.74 Å². The molecule has 0 spiro atoms. The molecule has 22 heavy (non-hydrogen) atoms. The van der Waals surface area contributed by atoms with E-state index in [2.05, 4.69) is 33.0 Å². The van der Waals surface area contributed by atoms with Gasteiger partial charge in [0.25, 0.3) is 0 Å². The normalized spacial score (nSPS) is 11.3. The summed E-state index contributed by atoms with van der Waals surface area (Å²) in [5, 5.41) is 16.8. The van der Waals surface area contributed by atoms with E-state index in [1.165, 1.54) is 0 Å². The molecule has 0 aliphatic heterocycles. The van der Waals surface area contributed by atoms with E-state index in [1.54, 1.807) is 43.8 Å². The average molecular weight is 415 g/mol. The zero-order valence-corrected chi connectivity index (χ0v) is 15.0. The fourth-order valence-electron chi connectivity index (χ4n) is 1.93. The van der Waals surface area contributed by atoms with Gasteiger partial charge in [0.15, 0.2) is 0 Å². The Labute approximate surface area is 142 Å². The van der Waals surface area contributed by atoms with Gasteiger partial charge in [-0.15, -0.1) is 0 Å². The van der Waals surface area contributed by atoms with Gasteiger partial charge in [0.05, 0.1) is 21.1 Å². The van der Waals surface area contributed by atoms with Gasteiger partial charge in [-0.2, -0.15) is 5.10 Å². The molecule has 1 aromatic carbocycles. The number of hydrogen-bond donors (Lipinski definition) is 2. The summed E-state index contributed by atoms with van der Waals surface area (Å²) >= 11 is 2.19. The molecule has 0 bridgehead atoms. The second kappa shape index (κ2) is 6.15. The molecule has 7 heteroatoms. The summed E-state index contributed by atoms with van der Waals surface area (Å²) in [7, 11) is 1.83. The van der Waals surface area contributed by atoms with Crippen LogP contribution in [0.3, 0.4) is 0 Å². The molecule has 0 aliphatic rings. The third-order valence-electron chi connectivity index (χ3n) is 2.80. The SMILES string of the molecule is Cn1ncc(I)c1-c1ccc(NC(=O)OC(C)(C)C)c(O)c1. The highest BCUT2D eigenvalue weighted by Crippen LogP contribution is 2.32. The van der Waals surface area contributed by atoms with Gasteiger partial charge >= 0.3 is 6.09 Å². The Morgan fingerprint density at radius 3 is 2.59 bits per heavy atom. The van der Waals surface area contributed by atoms with Crippen LogP contribution in [0.4, 0.5) is 10.5 Å². The van der Waals surface area contributed by atoms with E-state index in [9.17, 15) is 9.90 Å². The molecule has 0 aliphatic carbocycles. The van der Waals surface area contributed by atoms with Crippen molar-refractivity contribution in [2.75, 3.05) is 5.32 Å². The smallest absolute Gasteiger partial charge is 0.412 e. The van der Waals surface area contributed by atoms with Crippen LogP contribution in [0.25, 0.3) is 11.3 Å². The van der Waals surface area contributed by atoms with Crippen LogP contribution in [0.15, 0.2) is 24.4 Å². The molecule has 1 heterocycles. The van der Waals surface area contributed by atoms with Crippen molar-refractivity contribution >= 4 is 34.4 Å². The number of amides is 1.